The Bertz CT molecular complexity index is 704. The first kappa shape index (κ1) is 16.5. The summed E-state index contributed by atoms with van der Waals surface area (Å²) in [5, 5.41) is 8.79. The number of benzene rings is 2. The van der Waals surface area contributed by atoms with Gasteiger partial charge < -0.3 is 4.74 Å². The highest BCUT2D eigenvalue weighted by Crippen LogP contribution is 2.26. The van der Waals surface area contributed by atoms with Crippen LogP contribution in [0.3, 0.4) is 0 Å². The van der Waals surface area contributed by atoms with Gasteiger partial charge in [-0.2, -0.15) is 5.26 Å². The average molecular weight is 324 g/mol. The zero-order valence-corrected chi connectivity index (χ0v) is 13.6. The van der Waals surface area contributed by atoms with Crippen LogP contribution in [0, 0.1) is 17.1 Å². The summed E-state index contributed by atoms with van der Waals surface area (Å²) in [7, 11) is 0. The SMILES string of the molecule is N#Cc1ccc(OCCN(CCc2cccc(F)c2)C2CC2)cc1. The van der Waals surface area contributed by atoms with Gasteiger partial charge in [-0.15, -0.1) is 0 Å². The first-order valence-corrected chi connectivity index (χ1v) is 8.36. The molecule has 1 aliphatic rings. The van der Waals surface area contributed by atoms with Gasteiger partial charge in [0.15, 0.2) is 0 Å². The molecule has 2 aromatic rings. The Morgan fingerprint density at radius 1 is 1.12 bits per heavy atom. The van der Waals surface area contributed by atoms with E-state index in [1.165, 1.54) is 18.9 Å². The van der Waals surface area contributed by atoms with Crippen molar-refractivity contribution in [2.24, 2.45) is 0 Å². The third kappa shape index (κ3) is 4.81. The molecule has 1 fully saturated rings. The molecule has 3 nitrogen and oxygen atoms in total. The first-order valence-electron chi connectivity index (χ1n) is 8.36. The number of hydrogen-bond acceptors (Lipinski definition) is 3. The molecule has 0 unspecified atom stereocenters. The second kappa shape index (κ2) is 7.94. The normalized spacial score (nSPS) is 13.7. The van der Waals surface area contributed by atoms with E-state index < -0.39 is 0 Å². The second-order valence-corrected chi connectivity index (χ2v) is 6.13. The van der Waals surface area contributed by atoms with Crippen LogP contribution in [0.1, 0.15) is 24.0 Å². The molecule has 0 saturated heterocycles. The molecule has 0 radical (unpaired) electrons. The third-order valence-electron chi connectivity index (χ3n) is 4.27. The highest BCUT2D eigenvalue weighted by atomic mass is 19.1. The summed E-state index contributed by atoms with van der Waals surface area (Å²) in [4.78, 5) is 2.43. The van der Waals surface area contributed by atoms with Crippen LogP contribution in [0.5, 0.6) is 5.75 Å². The quantitative estimate of drug-likeness (QED) is 0.741. The molecule has 24 heavy (non-hydrogen) atoms. The number of nitriles is 1. The predicted molar refractivity (Wildman–Crippen MR) is 91.4 cm³/mol. The molecule has 0 heterocycles. The van der Waals surface area contributed by atoms with Crippen LogP contribution in [0.2, 0.25) is 0 Å². The molecule has 1 saturated carbocycles. The lowest BCUT2D eigenvalue weighted by Crippen LogP contribution is -2.32. The van der Waals surface area contributed by atoms with Gasteiger partial charge in [0.05, 0.1) is 11.6 Å². The Labute approximate surface area is 142 Å². The Morgan fingerprint density at radius 2 is 1.92 bits per heavy atom. The molecule has 0 N–H and O–H groups in total. The number of rotatable bonds is 8. The fraction of sp³-hybridized carbons (Fsp3) is 0.350. The van der Waals surface area contributed by atoms with E-state index in [1.54, 1.807) is 24.3 Å². The van der Waals surface area contributed by atoms with Gasteiger partial charge in [0.1, 0.15) is 18.2 Å². The van der Waals surface area contributed by atoms with Crippen LogP contribution in [0.25, 0.3) is 0 Å². The molecule has 0 bridgehead atoms. The second-order valence-electron chi connectivity index (χ2n) is 6.13. The van der Waals surface area contributed by atoms with Crippen molar-refractivity contribution >= 4 is 0 Å². The standard InChI is InChI=1S/C20H21FN2O/c21-18-3-1-2-16(14-18)10-11-23(19-6-7-19)12-13-24-20-8-4-17(15-22)5-9-20/h1-5,8-9,14,19H,6-7,10-13H2. The lowest BCUT2D eigenvalue weighted by atomic mass is 10.1. The molecule has 124 valence electrons. The van der Waals surface area contributed by atoms with E-state index in [2.05, 4.69) is 11.0 Å². The fourth-order valence-corrected chi connectivity index (χ4v) is 2.79. The molecular formula is C20H21FN2O. The van der Waals surface area contributed by atoms with Crippen molar-refractivity contribution in [2.45, 2.75) is 25.3 Å². The zero-order valence-electron chi connectivity index (χ0n) is 13.6. The van der Waals surface area contributed by atoms with Gasteiger partial charge in [-0.05, 0) is 61.2 Å². The fourth-order valence-electron chi connectivity index (χ4n) is 2.79. The summed E-state index contributed by atoms with van der Waals surface area (Å²) in [5.41, 5.74) is 1.67. The third-order valence-corrected chi connectivity index (χ3v) is 4.27. The summed E-state index contributed by atoms with van der Waals surface area (Å²) >= 11 is 0. The topological polar surface area (TPSA) is 36.3 Å². The summed E-state index contributed by atoms with van der Waals surface area (Å²) < 4.78 is 19.0. The molecule has 0 spiro atoms. The molecule has 3 rings (SSSR count). The number of ether oxygens (including phenoxy) is 1. The molecule has 0 amide bonds. The Morgan fingerprint density at radius 3 is 2.58 bits per heavy atom. The maximum absolute atomic E-state index is 13.3. The van der Waals surface area contributed by atoms with Crippen molar-refractivity contribution in [3.63, 3.8) is 0 Å². The molecular weight excluding hydrogens is 303 g/mol. The van der Waals surface area contributed by atoms with E-state index in [0.29, 0.717) is 18.2 Å². The van der Waals surface area contributed by atoms with E-state index in [4.69, 9.17) is 10.00 Å². The van der Waals surface area contributed by atoms with Crippen molar-refractivity contribution in [3.05, 3.63) is 65.5 Å². The van der Waals surface area contributed by atoms with Crippen LogP contribution >= 0.6 is 0 Å². The summed E-state index contributed by atoms with van der Waals surface area (Å²) in [6.45, 7) is 2.40. The van der Waals surface area contributed by atoms with Gasteiger partial charge in [-0.25, -0.2) is 4.39 Å². The largest absolute Gasteiger partial charge is 0.492 e. The smallest absolute Gasteiger partial charge is 0.123 e. The summed E-state index contributed by atoms with van der Waals surface area (Å²) in [6, 6.07) is 16.7. The minimum absolute atomic E-state index is 0.172. The van der Waals surface area contributed by atoms with E-state index in [-0.39, 0.29) is 5.82 Å². The first-order chi connectivity index (χ1) is 11.7. The minimum atomic E-state index is -0.172. The Kier molecular flexibility index (Phi) is 5.45. The molecule has 4 heteroatoms. The summed E-state index contributed by atoms with van der Waals surface area (Å²) in [6.07, 6.45) is 3.32. The van der Waals surface area contributed by atoms with Gasteiger partial charge in [0.25, 0.3) is 0 Å². The molecule has 1 aliphatic carbocycles. The van der Waals surface area contributed by atoms with Gasteiger partial charge in [-0.3, -0.25) is 4.90 Å². The van der Waals surface area contributed by atoms with Crippen LogP contribution in [0.4, 0.5) is 4.39 Å². The van der Waals surface area contributed by atoms with Crippen molar-refractivity contribution in [1.82, 2.24) is 4.90 Å². The van der Waals surface area contributed by atoms with Crippen molar-refractivity contribution in [2.75, 3.05) is 19.7 Å². The Balaban J connectivity index is 1.46. The number of nitrogens with zero attached hydrogens (tertiary/aromatic N) is 2. The number of hydrogen-bond donors (Lipinski definition) is 0. The van der Waals surface area contributed by atoms with E-state index in [0.717, 1.165) is 30.8 Å². The average Bonchev–Trinajstić information content (AvgIpc) is 3.43. The lowest BCUT2D eigenvalue weighted by Gasteiger charge is -2.22. The lowest BCUT2D eigenvalue weighted by molar-refractivity contribution is 0.203. The zero-order chi connectivity index (χ0) is 16.8. The van der Waals surface area contributed by atoms with E-state index >= 15 is 0 Å². The van der Waals surface area contributed by atoms with Gasteiger partial charge in [0.2, 0.25) is 0 Å². The molecule has 0 aliphatic heterocycles. The highest BCUT2D eigenvalue weighted by Gasteiger charge is 2.28. The molecule has 0 atom stereocenters. The van der Waals surface area contributed by atoms with E-state index in [9.17, 15) is 4.39 Å². The van der Waals surface area contributed by atoms with Crippen molar-refractivity contribution < 1.29 is 9.13 Å². The minimum Gasteiger partial charge on any atom is -0.492 e. The van der Waals surface area contributed by atoms with Gasteiger partial charge in [0, 0.05) is 19.1 Å². The van der Waals surface area contributed by atoms with Crippen LogP contribution < -0.4 is 4.74 Å². The van der Waals surface area contributed by atoms with Crippen LogP contribution in [-0.4, -0.2) is 30.6 Å². The van der Waals surface area contributed by atoms with Crippen LogP contribution in [0.15, 0.2) is 48.5 Å². The van der Waals surface area contributed by atoms with Crippen molar-refractivity contribution in [1.29, 1.82) is 5.26 Å². The van der Waals surface area contributed by atoms with E-state index in [1.807, 2.05) is 18.2 Å². The molecule has 2 aromatic carbocycles. The monoisotopic (exact) mass is 324 g/mol. The Hall–Kier alpha value is -2.38. The van der Waals surface area contributed by atoms with Crippen LogP contribution in [-0.2, 0) is 6.42 Å². The highest BCUT2D eigenvalue weighted by molar-refractivity contribution is 5.34. The number of halogens is 1. The summed E-state index contributed by atoms with van der Waals surface area (Å²) in [5.74, 6) is 0.615. The predicted octanol–water partition coefficient (Wildman–Crippen LogP) is 3.78. The van der Waals surface area contributed by atoms with Crippen molar-refractivity contribution in [3.8, 4) is 11.8 Å². The molecule has 0 aromatic heterocycles. The van der Waals surface area contributed by atoms with Gasteiger partial charge >= 0.3 is 0 Å². The van der Waals surface area contributed by atoms with Gasteiger partial charge in [-0.1, -0.05) is 12.1 Å². The maximum Gasteiger partial charge on any atom is 0.123 e. The maximum atomic E-state index is 13.3.